The molecule has 0 radical (unpaired) electrons. The lowest BCUT2D eigenvalue weighted by molar-refractivity contribution is -0.00773. The summed E-state index contributed by atoms with van der Waals surface area (Å²) in [5.74, 6) is 1.25. The number of hydrogen-bond donors (Lipinski definition) is 2. The number of aliphatic hydroxyl groups excluding tert-OH is 1. The van der Waals surface area contributed by atoms with Gasteiger partial charge in [0.2, 0.25) is 0 Å². The molecule has 0 saturated carbocycles. The van der Waals surface area contributed by atoms with Crippen molar-refractivity contribution in [2.45, 2.75) is 33.3 Å². The molecule has 1 aromatic rings. The fraction of sp³-hybridized carbons (Fsp3) is 0.600. The second kappa shape index (κ2) is 8.91. The third-order valence-electron chi connectivity index (χ3n) is 2.61. The second-order valence-corrected chi connectivity index (χ2v) is 5.02. The van der Waals surface area contributed by atoms with Crippen molar-refractivity contribution in [2.75, 3.05) is 19.8 Å². The summed E-state index contributed by atoms with van der Waals surface area (Å²) in [6, 6.07) is 7.92. The van der Waals surface area contributed by atoms with Crippen molar-refractivity contribution >= 4 is 0 Å². The normalized spacial score (nSPS) is 12.7. The van der Waals surface area contributed by atoms with Crippen molar-refractivity contribution in [3.05, 3.63) is 29.8 Å². The van der Waals surface area contributed by atoms with Gasteiger partial charge >= 0.3 is 0 Å². The average molecular weight is 267 g/mol. The number of rotatable bonds is 9. The predicted octanol–water partition coefficient (Wildman–Crippen LogP) is 2.17. The first-order valence-corrected chi connectivity index (χ1v) is 6.86. The van der Waals surface area contributed by atoms with Gasteiger partial charge in [-0.15, -0.1) is 0 Å². The van der Waals surface area contributed by atoms with Crippen LogP contribution in [0.3, 0.4) is 0 Å². The van der Waals surface area contributed by atoms with Crippen molar-refractivity contribution in [3.8, 4) is 5.75 Å². The lowest BCUT2D eigenvalue weighted by Gasteiger charge is -2.14. The molecule has 0 aliphatic carbocycles. The molecule has 1 atom stereocenters. The average Bonchev–Trinajstić information content (AvgIpc) is 2.41. The van der Waals surface area contributed by atoms with Gasteiger partial charge in [-0.3, -0.25) is 0 Å². The Morgan fingerprint density at radius 1 is 1.16 bits per heavy atom. The van der Waals surface area contributed by atoms with Gasteiger partial charge in [0.15, 0.2) is 0 Å². The van der Waals surface area contributed by atoms with Crippen molar-refractivity contribution < 1.29 is 14.7 Å². The van der Waals surface area contributed by atoms with Crippen LogP contribution in [0.1, 0.15) is 26.3 Å². The Morgan fingerprint density at radius 3 is 2.42 bits per heavy atom. The molecule has 1 rings (SSSR count). The van der Waals surface area contributed by atoms with E-state index in [1.54, 1.807) is 0 Å². The van der Waals surface area contributed by atoms with Crippen LogP contribution in [-0.2, 0) is 11.3 Å². The summed E-state index contributed by atoms with van der Waals surface area (Å²) in [6.45, 7) is 7.50. The van der Waals surface area contributed by atoms with E-state index in [-0.39, 0.29) is 6.61 Å². The molecule has 0 fully saturated rings. The Hall–Kier alpha value is -1.10. The van der Waals surface area contributed by atoms with Crippen molar-refractivity contribution in [1.29, 1.82) is 0 Å². The van der Waals surface area contributed by atoms with E-state index in [1.165, 1.54) is 5.56 Å². The van der Waals surface area contributed by atoms with E-state index < -0.39 is 6.10 Å². The summed E-state index contributed by atoms with van der Waals surface area (Å²) < 4.78 is 5.50. The lowest BCUT2D eigenvalue weighted by Crippen LogP contribution is -2.32. The molecule has 0 aromatic heterocycles. The van der Waals surface area contributed by atoms with Crippen LogP contribution in [0.5, 0.6) is 5.75 Å². The van der Waals surface area contributed by atoms with Gasteiger partial charge in [0.1, 0.15) is 18.5 Å². The molecule has 0 amide bonds. The maximum atomic E-state index is 9.71. The van der Waals surface area contributed by atoms with Gasteiger partial charge in [-0.05, 0) is 30.0 Å². The molecule has 0 spiro atoms. The van der Waals surface area contributed by atoms with E-state index in [1.807, 2.05) is 24.3 Å². The quantitative estimate of drug-likeness (QED) is 0.532. The Labute approximate surface area is 115 Å². The molecular weight excluding hydrogens is 242 g/mol. The molecule has 1 aromatic carbocycles. The Balaban J connectivity index is 2.16. The fourth-order valence-electron chi connectivity index (χ4n) is 1.45. The van der Waals surface area contributed by atoms with Gasteiger partial charge in [-0.25, -0.2) is 0 Å². The van der Waals surface area contributed by atoms with E-state index in [0.717, 1.165) is 12.2 Å². The maximum Gasteiger partial charge on any atom is 0.119 e. The number of hydrogen-bond acceptors (Lipinski definition) is 4. The van der Waals surface area contributed by atoms with E-state index >= 15 is 0 Å². The molecule has 108 valence electrons. The number of aliphatic hydroxyl groups is 1. The summed E-state index contributed by atoms with van der Waals surface area (Å²) in [4.78, 5) is 5.18. The largest absolute Gasteiger partial charge is 0.491 e. The molecule has 1 unspecified atom stereocenters. The third-order valence-corrected chi connectivity index (χ3v) is 2.61. The first-order chi connectivity index (χ1) is 9.11. The van der Waals surface area contributed by atoms with Crippen molar-refractivity contribution in [3.63, 3.8) is 0 Å². The van der Waals surface area contributed by atoms with Crippen LogP contribution in [0.4, 0.5) is 0 Å². The van der Waals surface area contributed by atoms with Gasteiger partial charge in [0, 0.05) is 0 Å². The van der Waals surface area contributed by atoms with Crippen molar-refractivity contribution in [1.82, 2.24) is 5.48 Å². The van der Waals surface area contributed by atoms with Crippen LogP contribution in [0.2, 0.25) is 0 Å². The van der Waals surface area contributed by atoms with Gasteiger partial charge in [-0.2, -0.15) is 5.48 Å². The topological polar surface area (TPSA) is 50.7 Å². The zero-order valence-corrected chi connectivity index (χ0v) is 12.1. The number of hydroxylamine groups is 1. The van der Waals surface area contributed by atoms with Gasteiger partial charge in [-0.1, -0.05) is 32.9 Å². The number of benzene rings is 1. The minimum atomic E-state index is -0.585. The number of aryl methyl sites for hydroxylation is 1. The molecule has 4 heteroatoms. The molecule has 19 heavy (non-hydrogen) atoms. The third kappa shape index (κ3) is 7.15. The molecule has 2 N–H and O–H groups in total. The molecule has 0 saturated heterocycles. The van der Waals surface area contributed by atoms with Gasteiger partial charge in [0.25, 0.3) is 0 Å². The zero-order valence-electron chi connectivity index (χ0n) is 12.1. The number of nitrogens with one attached hydrogen (secondary N) is 1. The van der Waals surface area contributed by atoms with E-state index in [0.29, 0.717) is 19.1 Å². The van der Waals surface area contributed by atoms with Gasteiger partial charge < -0.3 is 14.7 Å². The molecule has 0 aliphatic heterocycles. The summed E-state index contributed by atoms with van der Waals surface area (Å²) in [7, 11) is 0. The van der Waals surface area contributed by atoms with E-state index in [4.69, 9.17) is 9.57 Å². The molecule has 0 bridgehead atoms. The first kappa shape index (κ1) is 16.0. The highest BCUT2D eigenvalue weighted by atomic mass is 16.6. The van der Waals surface area contributed by atoms with Crippen LogP contribution < -0.4 is 10.2 Å². The van der Waals surface area contributed by atoms with E-state index in [9.17, 15) is 5.11 Å². The van der Waals surface area contributed by atoms with Crippen LogP contribution in [0.15, 0.2) is 24.3 Å². The molecule has 4 nitrogen and oxygen atoms in total. The van der Waals surface area contributed by atoms with E-state index in [2.05, 4.69) is 26.3 Å². The standard InChI is InChI=1S/C15H25NO3/c1-4-13-5-7-15(8-6-13)18-11-14(17)9-16-19-10-12(2)3/h5-8,12,14,16-17H,4,9-11H2,1-3H3. The molecular formula is C15H25NO3. The summed E-state index contributed by atoms with van der Waals surface area (Å²) in [5.41, 5.74) is 4.02. The van der Waals surface area contributed by atoms with Crippen molar-refractivity contribution in [2.24, 2.45) is 5.92 Å². The highest BCUT2D eigenvalue weighted by Crippen LogP contribution is 2.12. The molecule has 0 heterocycles. The monoisotopic (exact) mass is 267 g/mol. The number of ether oxygens (including phenoxy) is 1. The van der Waals surface area contributed by atoms with Crippen LogP contribution in [0.25, 0.3) is 0 Å². The first-order valence-electron chi connectivity index (χ1n) is 6.86. The summed E-state index contributed by atoms with van der Waals surface area (Å²) in [6.07, 6.45) is 0.429. The zero-order chi connectivity index (χ0) is 14.1. The fourth-order valence-corrected chi connectivity index (χ4v) is 1.45. The SMILES string of the molecule is CCc1ccc(OCC(O)CNOCC(C)C)cc1. The second-order valence-electron chi connectivity index (χ2n) is 5.02. The predicted molar refractivity (Wildman–Crippen MR) is 76.1 cm³/mol. The minimum Gasteiger partial charge on any atom is -0.491 e. The van der Waals surface area contributed by atoms with Crippen LogP contribution in [0, 0.1) is 5.92 Å². The summed E-state index contributed by atoms with van der Waals surface area (Å²) >= 11 is 0. The van der Waals surface area contributed by atoms with Gasteiger partial charge in [0.05, 0.1) is 13.2 Å². The molecule has 0 aliphatic rings. The lowest BCUT2D eigenvalue weighted by atomic mass is 10.2. The Morgan fingerprint density at radius 2 is 1.84 bits per heavy atom. The minimum absolute atomic E-state index is 0.253. The smallest absolute Gasteiger partial charge is 0.119 e. The Bertz CT molecular complexity index is 338. The van der Waals surface area contributed by atoms with Crippen LogP contribution in [-0.4, -0.2) is 31.0 Å². The summed E-state index contributed by atoms with van der Waals surface area (Å²) in [5, 5.41) is 9.71. The van der Waals surface area contributed by atoms with Crippen LogP contribution >= 0.6 is 0 Å². The highest BCUT2D eigenvalue weighted by molar-refractivity contribution is 5.27. The maximum absolute atomic E-state index is 9.71. The highest BCUT2D eigenvalue weighted by Gasteiger charge is 2.05. The Kier molecular flexibility index (Phi) is 7.48.